The monoisotopic (exact) mass is 260 g/mol. The highest BCUT2D eigenvalue weighted by Crippen LogP contribution is 2.22. The van der Waals surface area contributed by atoms with Crippen molar-refractivity contribution in [2.24, 2.45) is 0 Å². The summed E-state index contributed by atoms with van der Waals surface area (Å²) >= 11 is 0. The lowest BCUT2D eigenvalue weighted by Gasteiger charge is -2.25. The van der Waals surface area contributed by atoms with Gasteiger partial charge in [0, 0.05) is 0 Å². The normalized spacial score (nSPS) is 15.4. The molecule has 1 aliphatic carbocycles. The largest absolute Gasteiger partial charge is 0.376 e. The minimum absolute atomic E-state index is 0.00820. The summed E-state index contributed by atoms with van der Waals surface area (Å²) in [6.07, 6.45) is 3.79. The Hall–Kier alpha value is -2.00. The second-order valence-corrected chi connectivity index (χ2v) is 4.64. The number of fused-ring (bicyclic) bond motifs is 1. The van der Waals surface area contributed by atoms with E-state index < -0.39 is 5.82 Å². The molecule has 0 aliphatic heterocycles. The molecule has 1 heterocycles. The molecule has 1 aliphatic rings. The maximum atomic E-state index is 13.6. The van der Waals surface area contributed by atoms with Crippen molar-refractivity contribution in [3.8, 4) is 6.07 Å². The van der Waals surface area contributed by atoms with Crippen LogP contribution in [-0.2, 0) is 11.3 Å². The zero-order chi connectivity index (χ0) is 13.2. The van der Waals surface area contributed by atoms with Crippen molar-refractivity contribution in [2.45, 2.75) is 31.9 Å². The van der Waals surface area contributed by atoms with Gasteiger partial charge in [-0.2, -0.15) is 5.26 Å². The van der Waals surface area contributed by atoms with Gasteiger partial charge < -0.3 is 4.74 Å². The summed E-state index contributed by atoms with van der Waals surface area (Å²) in [5.41, 5.74) is 0.965. The van der Waals surface area contributed by atoms with E-state index in [1.54, 1.807) is 0 Å². The van der Waals surface area contributed by atoms with Crippen LogP contribution < -0.4 is 0 Å². The van der Waals surface area contributed by atoms with E-state index in [9.17, 15) is 4.39 Å². The van der Waals surface area contributed by atoms with Crippen LogP contribution in [0.3, 0.4) is 0 Å². The minimum Gasteiger partial charge on any atom is -0.376 e. The van der Waals surface area contributed by atoms with Gasteiger partial charge in [-0.15, -0.1) is 5.10 Å². The van der Waals surface area contributed by atoms with Gasteiger partial charge in [0.1, 0.15) is 28.5 Å². The summed E-state index contributed by atoms with van der Waals surface area (Å²) < 4.78 is 20.7. The van der Waals surface area contributed by atoms with Gasteiger partial charge in [-0.25, -0.2) is 9.07 Å². The standard InChI is InChI=1S/C13H13FN4O/c14-11-4-5-12-13(10(11)8-15)18(17-16-12)6-7-19-9-2-1-3-9/h4-5,9H,1-3,6-7H2. The Kier molecular flexibility index (Phi) is 3.13. The second kappa shape index (κ2) is 4.94. The number of nitriles is 1. The van der Waals surface area contributed by atoms with Gasteiger partial charge >= 0.3 is 0 Å². The number of hydrogen-bond donors (Lipinski definition) is 0. The predicted octanol–water partition coefficient (Wildman–Crippen LogP) is 2.01. The second-order valence-electron chi connectivity index (χ2n) is 4.64. The van der Waals surface area contributed by atoms with Crippen molar-refractivity contribution in [1.29, 1.82) is 5.26 Å². The summed E-state index contributed by atoms with van der Waals surface area (Å²) in [7, 11) is 0. The number of benzene rings is 1. The maximum absolute atomic E-state index is 13.6. The van der Waals surface area contributed by atoms with E-state index in [2.05, 4.69) is 10.3 Å². The molecule has 19 heavy (non-hydrogen) atoms. The molecule has 98 valence electrons. The molecule has 1 fully saturated rings. The number of ether oxygens (including phenoxy) is 1. The van der Waals surface area contributed by atoms with E-state index >= 15 is 0 Å². The summed E-state index contributed by atoms with van der Waals surface area (Å²) in [5.74, 6) is -0.543. The van der Waals surface area contributed by atoms with Gasteiger partial charge in [0.25, 0.3) is 0 Å². The molecule has 5 nitrogen and oxygen atoms in total. The molecule has 0 spiro atoms. The van der Waals surface area contributed by atoms with Crippen LogP contribution in [0.1, 0.15) is 24.8 Å². The van der Waals surface area contributed by atoms with Crippen molar-refractivity contribution in [3.05, 3.63) is 23.5 Å². The minimum atomic E-state index is -0.543. The first-order chi connectivity index (χ1) is 9.29. The number of aromatic nitrogens is 3. The number of halogens is 1. The van der Waals surface area contributed by atoms with Gasteiger partial charge in [-0.05, 0) is 31.4 Å². The van der Waals surface area contributed by atoms with Crippen LogP contribution in [-0.4, -0.2) is 27.7 Å². The summed E-state index contributed by atoms with van der Waals surface area (Å²) in [4.78, 5) is 0. The van der Waals surface area contributed by atoms with E-state index in [-0.39, 0.29) is 5.56 Å². The molecule has 0 saturated heterocycles. The lowest BCUT2D eigenvalue weighted by atomic mass is 9.96. The van der Waals surface area contributed by atoms with Gasteiger partial charge in [0.15, 0.2) is 0 Å². The van der Waals surface area contributed by atoms with Crippen LogP contribution >= 0.6 is 0 Å². The molecular formula is C13H13FN4O. The van der Waals surface area contributed by atoms with E-state index in [4.69, 9.17) is 10.00 Å². The molecule has 0 unspecified atom stereocenters. The van der Waals surface area contributed by atoms with Crippen molar-refractivity contribution < 1.29 is 9.13 Å². The third-order valence-corrected chi connectivity index (χ3v) is 3.44. The maximum Gasteiger partial charge on any atom is 0.143 e. The fourth-order valence-electron chi connectivity index (χ4n) is 2.15. The Labute approximate surface area is 109 Å². The zero-order valence-corrected chi connectivity index (χ0v) is 10.3. The van der Waals surface area contributed by atoms with Crippen molar-refractivity contribution in [3.63, 3.8) is 0 Å². The summed E-state index contributed by atoms with van der Waals surface area (Å²) in [5, 5.41) is 16.9. The van der Waals surface area contributed by atoms with E-state index in [1.165, 1.54) is 23.2 Å². The number of nitrogens with zero attached hydrogens (tertiary/aromatic N) is 4. The summed E-state index contributed by atoms with van der Waals surface area (Å²) in [6.45, 7) is 0.982. The average Bonchev–Trinajstić information content (AvgIpc) is 2.76. The lowest BCUT2D eigenvalue weighted by molar-refractivity contribution is -0.00212. The highest BCUT2D eigenvalue weighted by Gasteiger charge is 2.18. The summed E-state index contributed by atoms with van der Waals surface area (Å²) in [6, 6.07) is 4.64. The topological polar surface area (TPSA) is 63.7 Å². The average molecular weight is 260 g/mol. The van der Waals surface area contributed by atoms with Crippen LogP contribution in [0.5, 0.6) is 0 Å². The molecule has 3 rings (SSSR count). The van der Waals surface area contributed by atoms with Crippen molar-refractivity contribution >= 4 is 11.0 Å². The molecule has 1 aromatic heterocycles. The predicted molar refractivity (Wildman–Crippen MR) is 65.8 cm³/mol. The Morgan fingerprint density at radius 2 is 2.32 bits per heavy atom. The van der Waals surface area contributed by atoms with Gasteiger partial charge in [-0.1, -0.05) is 5.21 Å². The molecule has 0 bridgehead atoms. The number of rotatable bonds is 4. The third-order valence-electron chi connectivity index (χ3n) is 3.44. The van der Waals surface area contributed by atoms with Crippen molar-refractivity contribution in [2.75, 3.05) is 6.61 Å². The first kappa shape index (κ1) is 12.1. The quantitative estimate of drug-likeness (QED) is 0.843. The van der Waals surface area contributed by atoms with Crippen LogP contribution in [0.4, 0.5) is 4.39 Å². The fraction of sp³-hybridized carbons (Fsp3) is 0.462. The van der Waals surface area contributed by atoms with Gasteiger partial charge in [0.2, 0.25) is 0 Å². The van der Waals surface area contributed by atoms with Crippen molar-refractivity contribution in [1.82, 2.24) is 15.0 Å². The molecular weight excluding hydrogens is 247 g/mol. The SMILES string of the molecule is N#Cc1c(F)ccc2nnn(CCOC3CCC3)c12. The first-order valence-electron chi connectivity index (χ1n) is 6.33. The van der Waals surface area contributed by atoms with E-state index in [1.807, 2.05) is 6.07 Å². The fourth-order valence-corrected chi connectivity index (χ4v) is 2.15. The van der Waals surface area contributed by atoms with E-state index in [0.29, 0.717) is 30.3 Å². The number of hydrogen-bond acceptors (Lipinski definition) is 4. The highest BCUT2D eigenvalue weighted by atomic mass is 19.1. The molecule has 2 aromatic rings. The molecule has 1 saturated carbocycles. The molecule has 6 heteroatoms. The van der Waals surface area contributed by atoms with Gasteiger partial charge in [-0.3, -0.25) is 0 Å². The third kappa shape index (κ3) is 2.17. The smallest absolute Gasteiger partial charge is 0.143 e. The molecule has 0 amide bonds. The Morgan fingerprint density at radius 3 is 3.00 bits per heavy atom. The van der Waals surface area contributed by atoms with Crippen LogP contribution in [0.25, 0.3) is 11.0 Å². The Morgan fingerprint density at radius 1 is 1.47 bits per heavy atom. The van der Waals surface area contributed by atoms with Crippen LogP contribution in [0.15, 0.2) is 12.1 Å². The van der Waals surface area contributed by atoms with Crippen LogP contribution in [0, 0.1) is 17.1 Å². The molecule has 0 radical (unpaired) electrons. The highest BCUT2D eigenvalue weighted by molar-refractivity contribution is 5.81. The lowest BCUT2D eigenvalue weighted by Crippen LogP contribution is -2.23. The van der Waals surface area contributed by atoms with Gasteiger partial charge in [0.05, 0.1) is 19.3 Å². The van der Waals surface area contributed by atoms with E-state index in [0.717, 1.165) is 12.8 Å². The molecule has 0 atom stereocenters. The molecule has 0 N–H and O–H groups in total. The van der Waals surface area contributed by atoms with Crippen LogP contribution in [0.2, 0.25) is 0 Å². The molecule has 1 aromatic carbocycles. The Balaban J connectivity index is 1.82. The zero-order valence-electron chi connectivity index (χ0n) is 10.3. The Bertz CT molecular complexity index is 642. The first-order valence-corrected chi connectivity index (χ1v) is 6.33.